The normalized spacial score (nSPS) is 11.1. The minimum Gasteiger partial charge on any atom is -0.324 e. The molecular formula is C4H9NO3P+. The predicted molar refractivity (Wildman–Crippen MR) is 33.5 cm³/mol. The summed E-state index contributed by atoms with van der Waals surface area (Å²) in [4.78, 5) is 10.3. The van der Waals surface area contributed by atoms with Crippen LogP contribution in [0.4, 0.5) is 0 Å². The highest BCUT2D eigenvalue weighted by Crippen LogP contribution is 2.13. The van der Waals surface area contributed by atoms with Crippen molar-refractivity contribution in [1.29, 1.82) is 0 Å². The third-order valence-corrected chi connectivity index (χ3v) is 1.13. The van der Waals surface area contributed by atoms with Gasteiger partial charge < -0.3 is 5.73 Å². The quantitative estimate of drug-likeness (QED) is 0.568. The van der Waals surface area contributed by atoms with Gasteiger partial charge in [-0.15, -0.1) is 4.52 Å². The molecule has 5 heteroatoms. The van der Waals surface area contributed by atoms with Gasteiger partial charge in [0.05, 0.1) is 6.54 Å². The molecule has 52 valence electrons. The topological polar surface area (TPSA) is 69.4 Å². The van der Waals surface area contributed by atoms with E-state index in [2.05, 4.69) is 4.52 Å². The lowest BCUT2D eigenvalue weighted by Crippen LogP contribution is -2.17. The highest BCUT2D eigenvalue weighted by Gasteiger charge is 2.09. The fourth-order valence-corrected chi connectivity index (χ4v) is 0.548. The second-order valence-electron chi connectivity index (χ2n) is 1.46. The van der Waals surface area contributed by atoms with Crippen molar-refractivity contribution in [2.24, 2.45) is 5.73 Å². The molecule has 2 N–H and O–H groups in total. The fraction of sp³-hybridized carbons (Fsp3) is 0.750. The molecule has 0 aromatic carbocycles. The Balaban J connectivity index is 3.28. The lowest BCUT2D eigenvalue weighted by molar-refractivity contribution is -0.119. The maximum atomic E-state index is 10.3. The van der Waals surface area contributed by atoms with E-state index in [0.29, 0.717) is 0 Å². The van der Waals surface area contributed by atoms with Crippen LogP contribution in [0.3, 0.4) is 0 Å². The van der Waals surface area contributed by atoms with Gasteiger partial charge in [-0.1, -0.05) is 0 Å². The van der Waals surface area contributed by atoms with Crippen molar-refractivity contribution in [3.8, 4) is 0 Å². The summed E-state index contributed by atoms with van der Waals surface area (Å²) in [5, 5.41) is 0. The zero-order valence-electron chi connectivity index (χ0n) is 5.16. The van der Waals surface area contributed by atoms with Crippen LogP contribution in [0.5, 0.6) is 0 Å². The van der Waals surface area contributed by atoms with Gasteiger partial charge in [0.15, 0.2) is 19.1 Å². The van der Waals surface area contributed by atoms with Crippen LogP contribution in [0.2, 0.25) is 0 Å². The van der Waals surface area contributed by atoms with E-state index in [4.69, 9.17) is 5.73 Å². The Hall–Kier alpha value is -0.310. The van der Waals surface area contributed by atoms with E-state index in [-0.39, 0.29) is 18.9 Å². The maximum absolute atomic E-state index is 10.3. The lowest BCUT2D eigenvalue weighted by atomic mass is 10.4. The molecule has 0 bridgehead atoms. The van der Waals surface area contributed by atoms with Gasteiger partial charge in [0.25, 0.3) is 0 Å². The van der Waals surface area contributed by atoms with Crippen molar-refractivity contribution in [3.63, 3.8) is 0 Å². The maximum Gasteiger partial charge on any atom is 0.505 e. The van der Waals surface area contributed by atoms with E-state index in [0.717, 1.165) is 0 Å². The summed E-state index contributed by atoms with van der Waals surface area (Å²) >= 11 is 0. The molecule has 0 saturated heterocycles. The number of ketones is 1. The molecule has 4 nitrogen and oxygen atoms in total. The summed E-state index contributed by atoms with van der Waals surface area (Å²) in [6.45, 7) is 1.20. The highest BCUT2D eigenvalue weighted by atomic mass is 31.1. The molecule has 0 aliphatic heterocycles. The molecular weight excluding hydrogens is 141 g/mol. The van der Waals surface area contributed by atoms with Crippen LogP contribution in [0.1, 0.15) is 0 Å². The Morgan fingerprint density at radius 1 is 1.78 bits per heavy atom. The lowest BCUT2D eigenvalue weighted by Gasteiger charge is -1.85. The van der Waals surface area contributed by atoms with Gasteiger partial charge in [0.2, 0.25) is 0 Å². The second kappa shape index (κ2) is 4.56. The van der Waals surface area contributed by atoms with E-state index in [1.807, 2.05) is 0 Å². The van der Waals surface area contributed by atoms with Crippen LogP contribution >= 0.6 is 8.03 Å². The summed E-state index contributed by atoms with van der Waals surface area (Å²) in [6.07, 6.45) is 0. The summed E-state index contributed by atoms with van der Waals surface area (Å²) < 4.78 is 14.7. The molecule has 0 heterocycles. The third-order valence-electron chi connectivity index (χ3n) is 0.635. The van der Waals surface area contributed by atoms with Gasteiger partial charge >= 0.3 is 8.03 Å². The first kappa shape index (κ1) is 8.69. The monoisotopic (exact) mass is 150 g/mol. The van der Waals surface area contributed by atoms with Gasteiger partial charge in [0, 0.05) is 0 Å². The number of hydrogen-bond acceptors (Lipinski definition) is 4. The SMILES string of the molecule is C[P+](=O)OCC(=O)CN. The zero-order valence-corrected chi connectivity index (χ0v) is 6.06. The van der Waals surface area contributed by atoms with Crippen LogP contribution in [-0.2, 0) is 13.9 Å². The van der Waals surface area contributed by atoms with Crippen molar-refractivity contribution >= 4 is 13.8 Å². The average molecular weight is 150 g/mol. The van der Waals surface area contributed by atoms with Gasteiger partial charge in [0.1, 0.15) is 0 Å². The van der Waals surface area contributed by atoms with E-state index in [9.17, 15) is 9.36 Å². The Morgan fingerprint density at radius 2 is 2.33 bits per heavy atom. The molecule has 0 saturated carbocycles. The Kier molecular flexibility index (Phi) is 4.40. The molecule has 1 unspecified atom stereocenters. The molecule has 0 amide bonds. The first-order valence-electron chi connectivity index (χ1n) is 2.42. The van der Waals surface area contributed by atoms with Crippen LogP contribution in [0, 0.1) is 0 Å². The zero-order chi connectivity index (χ0) is 7.28. The summed E-state index contributed by atoms with van der Waals surface area (Å²) in [7, 11) is -1.67. The minimum absolute atomic E-state index is 0.0524. The number of rotatable bonds is 4. The van der Waals surface area contributed by atoms with Crippen molar-refractivity contribution < 1.29 is 13.9 Å². The summed E-state index contributed by atoms with van der Waals surface area (Å²) in [6, 6.07) is 0. The molecule has 0 rings (SSSR count). The Morgan fingerprint density at radius 3 is 2.67 bits per heavy atom. The Labute approximate surface area is 54.2 Å². The standard InChI is InChI=1S/C4H9NO3P/c1-9(7)8-3-4(6)2-5/h2-3,5H2,1H3/q+1. The molecule has 9 heavy (non-hydrogen) atoms. The van der Waals surface area contributed by atoms with E-state index in [1.54, 1.807) is 0 Å². The molecule has 1 atom stereocenters. The molecule has 0 fully saturated rings. The van der Waals surface area contributed by atoms with Crippen LogP contribution in [0.25, 0.3) is 0 Å². The van der Waals surface area contributed by atoms with Gasteiger partial charge in [-0.3, -0.25) is 4.79 Å². The number of Topliss-reactive ketones (excluding diaryl/α,β-unsaturated/α-hetero) is 1. The largest absolute Gasteiger partial charge is 0.505 e. The third kappa shape index (κ3) is 5.56. The highest BCUT2D eigenvalue weighted by molar-refractivity contribution is 7.38. The molecule has 0 spiro atoms. The molecule has 0 radical (unpaired) electrons. The average Bonchev–Trinajstić information content (AvgIpc) is 1.83. The molecule has 0 aliphatic carbocycles. The summed E-state index contributed by atoms with van der Waals surface area (Å²) in [5.74, 6) is -0.236. The fourth-order valence-electron chi connectivity index (χ4n) is 0.222. The van der Waals surface area contributed by atoms with Gasteiger partial charge in [-0.25, -0.2) is 0 Å². The second-order valence-corrected chi connectivity index (χ2v) is 2.59. The first-order valence-corrected chi connectivity index (χ1v) is 4.05. The summed E-state index contributed by atoms with van der Waals surface area (Å²) in [5.41, 5.74) is 4.93. The van der Waals surface area contributed by atoms with Crippen molar-refractivity contribution in [2.45, 2.75) is 0 Å². The van der Waals surface area contributed by atoms with E-state index < -0.39 is 8.03 Å². The molecule has 0 aromatic rings. The Bertz CT molecular complexity index is 125. The van der Waals surface area contributed by atoms with E-state index in [1.165, 1.54) is 6.66 Å². The molecule has 0 aliphatic rings. The van der Waals surface area contributed by atoms with Crippen LogP contribution in [-0.4, -0.2) is 25.6 Å². The van der Waals surface area contributed by atoms with E-state index >= 15 is 0 Å². The number of hydrogen-bond donors (Lipinski definition) is 1. The number of carbonyl (C=O) groups is 1. The minimum atomic E-state index is -1.67. The smallest absolute Gasteiger partial charge is 0.324 e. The van der Waals surface area contributed by atoms with Gasteiger partial charge in [-0.2, -0.15) is 0 Å². The van der Waals surface area contributed by atoms with Crippen molar-refractivity contribution in [2.75, 3.05) is 19.8 Å². The van der Waals surface area contributed by atoms with Gasteiger partial charge in [-0.05, 0) is 4.57 Å². The first-order chi connectivity index (χ1) is 4.16. The van der Waals surface area contributed by atoms with Crippen molar-refractivity contribution in [1.82, 2.24) is 0 Å². The number of carbonyl (C=O) groups excluding carboxylic acids is 1. The van der Waals surface area contributed by atoms with Crippen LogP contribution in [0.15, 0.2) is 0 Å². The number of nitrogens with two attached hydrogens (primary N) is 1. The molecule has 0 aromatic heterocycles. The van der Waals surface area contributed by atoms with Crippen LogP contribution < -0.4 is 5.73 Å². The predicted octanol–water partition coefficient (Wildman–Crippen LogP) is -0.0970. The van der Waals surface area contributed by atoms with Crippen molar-refractivity contribution in [3.05, 3.63) is 0 Å².